The highest BCUT2D eigenvalue weighted by Gasteiger charge is 2.23. The molecule has 26 heavy (non-hydrogen) atoms. The normalized spacial score (nSPS) is 10.5. The zero-order chi connectivity index (χ0) is 19.3. The Hall–Kier alpha value is -2.80. The first-order valence-corrected chi connectivity index (χ1v) is 8.20. The average Bonchev–Trinajstić information content (AvgIpc) is 2.90. The van der Waals surface area contributed by atoms with Crippen LogP contribution in [-0.4, -0.2) is 44.3 Å². The number of anilines is 1. The van der Waals surface area contributed by atoms with Crippen LogP contribution < -0.4 is 10.1 Å². The maximum Gasteiger partial charge on any atom is 0.340 e. The summed E-state index contributed by atoms with van der Waals surface area (Å²) < 4.78 is 15.3. The quantitative estimate of drug-likeness (QED) is 0.585. The van der Waals surface area contributed by atoms with Crippen molar-refractivity contribution in [2.75, 3.05) is 32.8 Å². The second-order valence-electron chi connectivity index (χ2n) is 5.91. The van der Waals surface area contributed by atoms with Gasteiger partial charge in [-0.3, -0.25) is 4.79 Å². The van der Waals surface area contributed by atoms with Crippen LogP contribution in [0.2, 0.25) is 0 Å². The van der Waals surface area contributed by atoms with Crippen molar-refractivity contribution in [3.8, 4) is 5.75 Å². The highest BCUT2D eigenvalue weighted by molar-refractivity contribution is 6.07. The number of rotatable bonds is 7. The first-order valence-electron chi connectivity index (χ1n) is 8.20. The fourth-order valence-electron chi connectivity index (χ4n) is 2.68. The molecule has 7 nitrogen and oxygen atoms in total. The smallest absolute Gasteiger partial charge is 0.340 e. The molecule has 0 atom stereocenters. The van der Waals surface area contributed by atoms with Gasteiger partial charge in [-0.2, -0.15) is 0 Å². The number of amides is 1. The number of aromatic amines is 1. The molecular formula is C19H24N2O5. The van der Waals surface area contributed by atoms with Crippen LogP contribution in [0.15, 0.2) is 18.2 Å². The third kappa shape index (κ3) is 4.23. The summed E-state index contributed by atoms with van der Waals surface area (Å²) in [5.74, 6) is -0.282. The number of H-pyrrole nitrogens is 1. The summed E-state index contributed by atoms with van der Waals surface area (Å²) >= 11 is 0. The summed E-state index contributed by atoms with van der Waals surface area (Å²) in [6.07, 6.45) is 0. The lowest BCUT2D eigenvalue weighted by molar-refractivity contribution is 0.0387. The largest absolute Gasteiger partial charge is 0.495 e. The molecule has 1 aromatic heterocycles. The topological polar surface area (TPSA) is 89.7 Å². The molecule has 0 aliphatic heterocycles. The van der Waals surface area contributed by atoms with E-state index in [-0.39, 0.29) is 12.5 Å². The summed E-state index contributed by atoms with van der Waals surface area (Å²) in [6, 6.07) is 5.50. The zero-order valence-corrected chi connectivity index (χ0v) is 15.7. The van der Waals surface area contributed by atoms with Crippen molar-refractivity contribution in [3.63, 3.8) is 0 Å². The van der Waals surface area contributed by atoms with E-state index in [0.29, 0.717) is 40.6 Å². The predicted octanol–water partition coefficient (Wildman–Crippen LogP) is 3.00. The van der Waals surface area contributed by atoms with Gasteiger partial charge in [-0.05, 0) is 44.0 Å². The number of aromatic nitrogens is 1. The number of hydrogen-bond acceptors (Lipinski definition) is 5. The van der Waals surface area contributed by atoms with Gasteiger partial charge < -0.3 is 24.5 Å². The monoisotopic (exact) mass is 360 g/mol. The van der Waals surface area contributed by atoms with Gasteiger partial charge in [-0.25, -0.2) is 4.79 Å². The second kappa shape index (κ2) is 8.53. The third-order valence-electron chi connectivity index (χ3n) is 3.99. The van der Waals surface area contributed by atoms with Crippen molar-refractivity contribution < 1.29 is 23.8 Å². The minimum absolute atomic E-state index is 0.154. The average molecular weight is 360 g/mol. The van der Waals surface area contributed by atoms with Crippen molar-refractivity contribution in [2.45, 2.75) is 20.8 Å². The van der Waals surface area contributed by atoms with E-state index in [2.05, 4.69) is 10.3 Å². The Kier molecular flexibility index (Phi) is 6.41. The van der Waals surface area contributed by atoms with Crippen molar-refractivity contribution in [3.05, 3.63) is 46.3 Å². The molecule has 7 heteroatoms. The van der Waals surface area contributed by atoms with Gasteiger partial charge in [0.2, 0.25) is 0 Å². The molecule has 0 aliphatic rings. The minimum Gasteiger partial charge on any atom is -0.495 e. The Morgan fingerprint density at radius 2 is 1.85 bits per heavy atom. The molecule has 0 unspecified atom stereocenters. The Balaban J connectivity index is 2.24. The maximum atomic E-state index is 12.7. The van der Waals surface area contributed by atoms with Crippen LogP contribution in [0.1, 0.15) is 37.7 Å². The Bertz CT molecular complexity index is 811. The molecule has 2 rings (SSSR count). The van der Waals surface area contributed by atoms with E-state index in [1.165, 1.54) is 7.11 Å². The van der Waals surface area contributed by atoms with Crippen molar-refractivity contribution in [1.29, 1.82) is 0 Å². The number of nitrogens with one attached hydrogen (secondary N) is 2. The highest BCUT2D eigenvalue weighted by atomic mass is 16.6. The molecule has 2 aromatic rings. The molecule has 1 aromatic carbocycles. The zero-order valence-electron chi connectivity index (χ0n) is 15.7. The van der Waals surface area contributed by atoms with Crippen LogP contribution >= 0.6 is 0 Å². The molecule has 140 valence electrons. The van der Waals surface area contributed by atoms with E-state index in [1.807, 2.05) is 19.1 Å². The second-order valence-corrected chi connectivity index (χ2v) is 5.91. The van der Waals surface area contributed by atoms with Gasteiger partial charge in [-0.1, -0.05) is 6.07 Å². The van der Waals surface area contributed by atoms with Gasteiger partial charge in [-0.15, -0.1) is 0 Å². The van der Waals surface area contributed by atoms with Crippen LogP contribution in [0.3, 0.4) is 0 Å². The number of aryl methyl sites for hydroxylation is 2. The van der Waals surface area contributed by atoms with Gasteiger partial charge in [0.05, 0.1) is 25.0 Å². The number of methoxy groups -OCH3 is 2. The minimum atomic E-state index is -0.486. The summed E-state index contributed by atoms with van der Waals surface area (Å²) in [5.41, 5.74) is 3.34. The third-order valence-corrected chi connectivity index (χ3v) is 3.99. The van der Waals surface area contributed by atoms with E-state index in [9.17, 15) is 9.59 Å². The molecule has 0 radical (unpaired) electrons. The summed E-state index contributed by atoms with van der Waals surface area (Å²) in [6.45, 7) is 5.83. The lowest BCUT2D eigenvalue weighted by atomic mass is 10.1. The van der Waals surface area contributed by atoms with Crippen molar-refractivity contribution in [2.24, 2.45) is 0 Å². The number of esters is 1. The standard InChI is InChI=1S/C19H24N2O5/c1-11-6-7-15(25-5)14(10-11)21-18(22)17-12(2)16(13(3)20-17)19(23)26-9-8-24-4/h6-7,10,20H,8-9H2,1-5H3,(H,21,22). The fourth-order valence-corrected chi connectivity index (χ4v) is 2.68. The molecule has 0 saturated carbocycles. The summed E-state index contributed by atoms with van der Waals surface area (Å²) in [7, 11) is 3.07. The Morgan fingerprint density at radius 1 is 1.12 bits per heavy atom. The molecule has 0 bridgehead atoms. The number of benzene rings is 1. The molecule has 0 fully saturated rings. The van der Waals surface area contributed by atoms with Crippen molar-refractivity contribution >= 4 is 17.6 Å². The van der Waals surface area contributed by atoms with Crippen LogP contribution in [0.25, 0.3) is 0 Å². The summed E-state index contributed by atoms with van der Waals surface area (Å²) in [4.78, 5) is 27.9. The van der Waals surface area contributed by atoms with E-state index >= 15 is 0 Å². The number of carbonyl (C=O) groups is 2. The van der Waals surface area contributed by atoms with E-state index < -0.39 is 5.97 Å². The van der Waals surface area contributed by atoms with Crippen LogP contribution in [-0.2, 0) is 9.47 Å². The highest BCUT2D eigenvalue weighted by Crippen LogP contribution is 2.27. The van der Waals surface area contributed by atoms with Gasteiger partial charge in [0.25, 0.3) is 5.91 Å². The van der Waals surface area contributed by atoms with Crippen LogP contribution in [0, 0.1) is 20.8 Å². The SMILES string of the molecule is COCCOC(=O)c1c(C)[nH]c(C(=O)Nc2cc(C)ccc2OC)c1C. The Morgan fingerprint density at radius 3 is 2.50 bits per heavy atom. The first-order chi connectivity index (χ1) is 12.4. The van der Waals surface area contributed by atoms with Gasteiger partial charge >= 0.3 is 5.97 Å². The maximum absolute atomic E-state index is 12.7. The molecule has 2 N–H and O–H groups in total. The first kappa shape index (κ1) is 19.5. The number of carbonyl (C=O) groups excluding carboxylic acids is 2. The van der Waals surface area contributed by atoms with E-state index in [0.717, 1.165) is 5.56 Å². The van der Waals surface area contributed by atoms with Crippen molar-refractivity contribution in [1.82, 2.24) is 4.98 Å². The van der Waals surface area contributed by atoms with Gasteiger partial charge in [0.1, 0.15) is 18.1 Å². The fraction of sp³-hybridized carbons (Fsp3) is 0.368. The van der Waals surface area contributed by atoms with Gasteiger partial charge in [0.15, 0.2) is 0 Å². The van der Waals surface area contributed by atoms with E-state index in [1.54, 1.807) is 27.0 Å². The number of ether oxygens (including phenoxy) is 3. The molecule has 1 heterocycles. The lowest BCUT2D eigenvalue weighted by Crippen LogP contribution is -2.15. The predicted molar refractivity (Wildman–Crippen MR) is 98.1 cm³/mol. The van der Waals surface area contributed by atoms with E-state index in [4.69, 9.17) is 14.2 Å². The molecule has 0 saturated heterocycles. The number of hydrogen-bond donors (Lipinski definition) is 2. The lowest BCUT2D eigenvalue weighted by Gasteiger charge is -2.11. The van der Waals surface area contributed by atoms with Crippen LogP contribution in [0.5, 0.6) is 5.75 Å². The molecule has 1 amide bonds. The molecule has 0 spiro atoms. The summed E-state index contributed by atoms with van der Waals surface area (Å²) in [5, 5.41) is 2.82. The Labute approximate surface area is 152 Å². The molecule has 0 aliphatic carbocycles. The van der Waals surface area contributed by atoms with Gasteiger partial charge in [0, 0.05) is 12.8 Å². The van der Waals surface area contributed by atoms with Crippen LogP contribution in [0.4, 0.5) is 5.69 Å². The molecular weight excluding hydrogens is 336 g/mol.